The molecule has 1 aromatic carbocycles. The van der Waals surface area contributed by atoms with Crippen LogP contribution in [-0.2, 0) is 15.7 Å². The number of hydrogen-bond acceptors (Lipinski definition) is 3. The third kappa shape index (κ3) is 8.52. The van der Waals surface area contributed by atoms with Gasteiger partial charge in [-0.05, 0) is 44.4 Å². The summed E-state index contributed by atoms with van der Waals surface area (Å²) in [7, 11) is 0. The molecule has 2 atom stereocenters. The first-order valence-corrected chi connectivity index (χ1v) is 9.31. The molecule has 160 valence electrons. The van der Waals surface area contributed by atoms with Gasteiger partial charge in [0.05, 0.1) is 37.5 Å². The van der Waals surface area contributed by atoms with E-state index in [1.807, 2.05) is 6.92 Å². The molecule has 0 radical (unpaired) electrons. The van der Waals surface area contributed by atoms with Gasteiger partial charge in [-0.3, -0.25) is 4.99 Å². The lowest BCUT2D eigenvalue weighted by molar-refractivity contribution is -0.137. The first kappa shape index (κ1) is 25.0. The first-order valence-electron chi connectivity index (χ1n) is 9.31. The van der Waals surface area contributed by atoms with Gasteiger partial charge in [-0.2, -0.15) is 13.2 Å². The van der Waals surface area contributed by atoms with Gasteiger partial charge in [0.25, 0.3) is 0 Å². The Morgan fingerprint density at radius 3 is 2.82 bits per heavy atom. The van der Waals surface area contributed by atoms with Crippen molar-refractivity contribution in [1.29, 1.82) is 0 Å². The number of rotatable bonds is 8. The van der Waals surface area contributed by atoms with Crippen molar-refractivity contribution in [1.82, 2.24) is 10.6 Å². The van der Waals surface area contributed by atoms with Crippen LogP contribution >= 0.6 is 24.0 Å². The molecule has 1 fully saturated rings. The summed E-state index contributed by atoms with van der Waals surface area (Å²) in [6.45, 7) is 6.67. The van der Waals surface area contributed by atoms with Gasteiger partial charge >= 0.3 is 6.18 Å². The summed E-state index contributed by atoms with van der Waals surface area (Å²) >= 11 is 0. The third-order valence-electron chi connectivity index (χ3n) is 4.24. The van der Waals surface area contributed by atoms with Crippen molar-refractivity contribution < 1.29 is 22.6 Å². The maximum atomic E-state index is 12.9. The molecule has 1 heterocycles. The van der Waals surface area contributed by atoms with Crippen LogP contribution in [0, 0.1) is 0 Å². The van der Waals surface area contributed by atoms with Crippen LogP contribution in [0.2, 0.25) is 0 Å². The lowest BCUT2D eigenvalue weighted by Crippen LogP contribution is -2.39. The molecule has 1 saturated heterocycles. The van der Waals surface area contributed by atoms with Crippen LogP contribution in [0.1, 0.15) is 43.9 Å². The number of nitrogens with one attached hydrogen (secondary N) is 2. The SMILES string of the molecule is CCNC(=NCCOCC1CCCO1)NC(C)c1cccc(C(F)(F)F)c1.I. The van der Waals surface area contributed by atoms with Crippen LogP contribution in [0.15, 0.2) is 29.3 Å². The highest BCUT2D eigenvalue weighted by molar-refractivity contribution is 14.0. The second kappa shape index (κ2) is 12.5. The molecule has 9 heteroatoms. The van der Waals surface area contributed by atoms with E-state index in [4.69, 9.17) is 9.47 Å². The van der Waals surface area contributed by atoms with Crippen LogP contribution in [-0.4, -0.2) is 45.0 Å². The number of guanidine groups is 1. The number of halogens is 4. The van der Waals surface area contributed by atoms with E-state index in [0.29, 0.717) is 37.8 Å². The highest BCUT2D eigenvalue weighted by atomic mass is 127. The minimum atomic E-state index is -4.35. The van der Waals surface area contributed by atoms with Crippen molar-refractivity contribution in [3.05, 3.63) is 35.4 Å². The normalized spacial score (nSPS) is 18.5. The fourth-order valence-electron chi connectivity index (χ4n) is 2.81. The Labute approximate surface area is 181 Å². The largest absolute Gasteiger partial charge is 0.416 e. The minimum Gasteiger partial charge on any atom is -0.377 e. The molecule has 2 rings (SSSR count). The smallest absolute Gasteiger partial charge is 0.377 e. The van der Waals surface area contributed by atoms with E-state index in [1.165, 1.54) is 6.07 Å². The highest BCUT2D eigenvalue weighted by Crippen LogP contribution is 2.30. The third-order valence-corrected chi connectivity index (χ3v) is 4.24. The summed E-state index contributed by atoms with van der Waals surface area (Å²) in [5.41, 5.74) is -0.108. The van der Waals surface area contributed by atoms with Crippen LogP contribution in [0.25, 0.3) is 0 Å². The molecule has 5 nitrogen and oxygen atoms in total. The number of aliphatic imine (C=N–C) groups is 1. The maximum absolute atomic E-state index is 12.9. The number of hydrogen-bond donors (Lipinski definition) is 2. The van der Waals surface area contributed by atoms with Gasteiger partial charge in [0.1, 0.15) is 0 Å². The molecule has 0 spiro atoms. The second-order valence-electron chi connectivity index (χ2n) is 6.46. The maximum Gasteiger partial charge on any atom is 0.416 e. The van der Waals surface area contributed by atoms with Gasteiger partial charge < -0.3 is 20.1 Å². The zero-order chi connectivity index (χ0) is 19.7. The van der Waals surface area contributed by atoms with Crippen molar-refractivity contribution >= 4 is 29.9 Å². The molecule has 0 bridgehead atoms. The van der Waals surface area contributed by atoms with E-state index < -0.39 is 11.7 Å². The molecule has 0 saturated carbocycles. The summed E-state index contributed by atoms with van der Waals surface area (Å²) in [4.78, 5) is 4.42. The first-order chi connectivity index (χ1) is 12.9. The molecule has 0 aromatic heterocycles. The molecule has 0 amide bonds. The summed E-state index contributed by atoms with van der Waals surface area (Å²) < 4.78 is 49.7. The number of alkyl halides is 3. The second-order valence-corrected chi connectivity index (χ2v) is 6.46. The Balaban J connectivity index is 0.00000392. The molecule has 1 aliphatic heterocycles. The Kier molecular flexibility index (Phi) is 11.1. The van der Waals surface area contributed by atoms with E-state index in [0.717, 1.165) is 31.6 Å². The molecular formula is C19H29F3IN3O2. The fraction of sp³-hybridized carbons (Fsp3) is 0.632. The van der Waals surface area contributed by atoms with Crippen molar-refractivity contribution in [2.45, 2.75) is 45.0 Å². The van der Waals surface area contributed by atoms with Crippen LogP contribution in [0.3, 0.4) is 0 Å². The molecule has 28 heavy (non-hydrogen) atoms. The van der Waals surface area contributed by atoms with E-state index in [9.17, 15) is 13.2 Å². The lowest BCUT2D eigenvalue weighted by atomic mass is 10.1. The molecule has 1 aromatic rings. The topological polar surface area (TPSA) is 54.9 Å². The Morgan fingerprint density at radius 1 is 1.39 bits per heavy atom. The number of benzene rings is 1. The Bertz CT molecular complexity index is 608. The van der Waals surface area contributed by atoms with E-state index in [1.54, 1.807) is 13.0 Å². The lowest BCUT2D eigenvalue weighted by Gasteiger charge is -2.19. The summed E-state index contributed by atoms with van der Waals surface area (Å²) in [6, 6.07) is 4.99. The molecular weight excluding hydrogens is 486 g/mol. The van der Waals surface area contributed by atoms with Crippen LogP contribution in [0.5, 0.6) is 0 Å². The zero-order valence-corrected chi connectivity index (χ0v) is 18.6. The molecule has 2 N–H and O–H groups in total. The number of ether oxygens (including phenoxy) is 2. The summed E-state index contributed by atoms with van der Waals surface area (Å²) in [5.74, 6) is 0.545. The van der Waals surface area contributed by atoms with Crippen molar-refractivity contribution in [3.63, 3.8) is 0 Å². The van der Waals surface area contributed by atoms with Crippen LogP contribution < -0.4 is 10.6 Å². The van der Waals surface area contributed by atoms with Gasteiger partial charge in [0, 0.05) is 13.2 Å². The van der Waals surface area contributed by atoms with Crippen molar-refractivity contribution in [2.24, 2.45) is 4.99 Å². The van der Waals surface area contributed by atoms with Crippen LogP contribution in [0.4, 0.5) is 13.2 Å². The average molecular weight is 515 g/mol. The van der Waals surface area contributed by atoms with Crippen molar-refractivity contribution in [3.8, 4) is 0 Å². The number of nitrogens with zero attached hydrogens (tertiary/aromatic N) is 1. The predicted octanol–water partition coefficient (Wildman–Crippen LogP) is 4.14. The van der Waals surface area contributed by atoms with Gasteiger partial charge in [-0.1, -0.05) is 12.1 Å². The molecule has 1 aliphatic rings. The standard InChI is InChI=1S/C19H28F3N3O2.HI/c1-3-23-18(24-9-11-26-13-17-8-5-10-27-17)25-14(2)15-6-4-7-16(12-15)19(20,21)22;/h4,6-7,12,14,17H,3,5,8-11,13H2,1-2H3,(H2,23,24,25);1H. The Morgan fingerprint density at radius 2 is 2.18 bits per heavy atom. The monoisotopic (exact) mass is 515 g/mol. The average Bonchev–Trinajstić information content (AvgIpc) is 3.14. The summed E-state index contributed by atoms with van der Waals surface area (Å²) in [6.07, 6.45) is -2.06. The van der Waals surface area contributed by atoms with E-state index in [2.05, 4.69) is 15.6 Å². The van der Waals surface area contributed by atoms with E-state index >= 15 is 0 Å². The highest BCUT2D eigenvalue weighted by Gasteiger charge is 2.30. The molecule has 0 aliphatic carbocycles. The minimum absolute atomic E-state index is 0. The van der Waals surface area contributed by atoms with Gasteiger partial charge in [-0.15, -0.1) is 24.0 Å². The predicted molar refractivity (Wildman–Crippen MR) is 114 cm³/mol. The fourth-order valence-corrected chi connectivity index (χ4v) is 2.81. The Hall–Kier alpha value is -1.07. The summed E-state index contributed by atoms with van der Waals surface area (Å²) in [5, 5.41) is 6.23. The van der Waals surface area contributed by atoms with Gasteiger partial charge in [0.15, 0.2) is 5.96 Å². The quantitative estimate of drug-likeness (QED) is 0.237. The van der Waals surface area contributed by atoms with Crippen molar-refractivity contribution in [2.75, 3.05) is 32.9 Å². The zero-order valence-electron chi connectivity index (χ0n) is 16.2. The molecule has 2 unspecified atom stereocenters. The van der Waals surface area contributed by atoms with Gasteiger partial charge in [0.2, 0.25) is 0 Å². The van der Waals surface area contributed by atoms with Gasteiger partial charge in [-0.25, -0.2) is 0 Å². The van der Waals surface area contributed by atoms with E-state index in [-0.39, 0.29) is 36.1 Å².